The fraction of sp³-hybridized carbons (Fsp3) is 0.333. The molecule has 0 bridgehead atoms. The molecule has 0 saturated carbocycles. The second-order valence-corrected chi connectivity index (χ2v) is 6.55. The molecule has 1 aromatic heterocycles. The third-order valence-corrected chi connectivity index (χ3v) is 4.66. The molecule has 2 N–H and O–H groups in total. The molecule has 0 aliphatic rings. The lowest BCUT2D eigenvalue weighted by atomic mass is 10.1. The highest BCUT2D eigenvalue weighted by molar-refractivity contribution is 9.10. The van der Waals surface area contributed by atoms with Gasteiger partial charge in [0.1, 0.15) is 17.7 Å². The smallest absolute Gasteiger partial charge is 0.148 e. The Labute approximate surface area is 130 Å². The van der Waals surface area contributed by atoms with Crippen molar-refractivity contribution in [2.45, 2.75) is 32.4 Å². The molecule has 2 unspecified atom stereocenters. The van der Waals surface area contributed by atoms with Crippen LogP contribution in [-0.2, 0) is 0 Å². The summed E-state index contributed by atoms with van der Waals surface area (Å²) >= 11 is 4.89. The zero-order valence-corrected chi connectivity index (χ0v) is 13.8. The second-order valence-electron chi connectivity index (χ2n) is 4.68. The summed E-state index contributed by atoms with van der Waals surface area (Å²) in [5, 5.41) is 2.02. The third-order valence-electron chi connectivity index (χ3n) is 3.12. The van der Waals surface area contributed by atoms with Gasteiger partial charge >= 0.3 is 0 Å². The lowest BCUT2D eigenvalue weighted by Crippen LogP contribution is -2.31. The van der Waals surface area contributed by atoms with Gasteiger partial charge in [0.15, 0.2) is 0 Å². The van der Waals surface area contributed by atoms with Crippen molar-refractivity contribution in [2.75, 3.05) is 0 Å². The van der Waals surface area contributed by atoms with Crippen molar-refractivity contribution in [3.63, 3.8) is 0 Å². The van der Waals surface area contributed by atoms with Gasteiger partial charge in [0, 0.05) is 21.5 Å². The molecular weight excluding hydrogens is 341 g/mol. The number of nitrogens with two attached hydrogens (primary N) is 1. The van der Waals surface area contributed by atoms with Crippen molar-refractivity contribution in [1.82, 2.24) is 0 Å². The van der Waals surface area contributed by atoms with Crippen LogP contribution in [0.15, 0.2) is 34.1 Å². The van der Waals surface area contributed by atoms with Gasteiger partial charge in [-0.15, -0.1) is 11.3 Å². The highest BCUT2D eigenvalue weighted by Crippen LogP contribution is 2.32. The van der Waals surface area contributed by atoms with E-state index in [1.165, 1.54) is 12.1 Å². The number of ether oxygens (including phenoxy) is 1. The van der Waals surface area contributed by atoms with Crippen molar-refractivity contribution in [3.05, 3.63) is 50.4 Å². The number of rotatable bonds is 5. The highest BCUT2D eigenvalue weighted by atomic mass is 79.9. The van der Waals surface area contributed by atoms with E-state index in [2.05, 4.69) is 15.9 Å². The molecule has 20 heavy (non-hydrogen) atoms. The lowest BCUT2D eigenvalue weighted by Gasteiger charge is -2.24. The van der Waals surface area contributed by atoms with Crippen molar-refractivity contribution in [3.8, 4) is 5.75 Å². The summed E-state index contributed by atoms with van der Waals surface area (Å²) in [5.74, 6) is 0.152. The zero-order chi connectivity index (χ0) is 14.7. The summed E-state index contributed by atoms with van der Waals surface area (Å²) in [6, 6.07) is 6.44. The van der Waals surface area contributed by atoms with E-state index in [1.807, 2.05) is 25.3 Å². The summed E-state index contributed by atoms with van der Waals surface area (Å²) in [6.45, 7) is 4.05. The molecule has 0 aliphatic carbocycles. The largest absolute Gasteiger partial charge is 0.483 e. The maximum atomic E-state index is 13.4. The van der Waals surface area contributed by atoms with Crippen LogP contribution in [0.25, 0.3) is 0 Å². The van der Waals surface area contributed by atoms with E-state index >= 15 is 0 Å². The number of halogens is 2. The lowest BCUT2D eigenvalue weighted by molar-refractivity contribution is 0.173. The molecule has 2 nitrogen and oxygen atoms in total. The Balaban J connectivity index is 2.31. The number of thiophene rings is 1. The number of hydrogen-bond donors (Lipinski definition) is 1. The van der Waals surface area contributed by atoms with Crippen molar-refractivity contribution in [1.29, 1.82) is 0 Å². The van der Waals surface area contributed by atoms with Crippen LogP contribution in [0.4, 0.5) is 4.39 Å². The quantitative estimate of drug-likeness (QED) is 0.832. The first-order chi connectivity index (χ1) is 9.51. The Morgan fingerprint density at radius 2 is 2.15 bits per heavy atom. The van der Waals surface area contributed by atoms with Crippen LogP contribution in [0.5, 0.6) is 5.75 Å². The van der Waals surface area contributed by atoms with Crippen LogP contribution in [-0.4, -0.2) is 6.04 Å². The van der Waals surface area contributed by atoms with Crippen molar-refractivity contribution < 1.29 is 9.13 Å². The minimum absolute atomic E-state index is 0.130. The summed E-state index contributed by atoms with van der Waals surface area (Å²) in [5.41, 5.74) is 7.33. The van der Waals surface area contributed by atoms with Crippen LogP contribution in [0.1, 0.15) is 29.9 Å². The van der Waals surface area contributed by atoms with E-state index in [0.29, 0.717) is 10.2 Å². The minimum Gasteiger partial charge on any atom is -0.483 e. The van der Waals surface area contributed by atoms with Gasteiger partial charge in [-0.1, -0.05) is 22.9 Å². The Morgan fingerprint density at radius 1 is 1.40 bits per heavy atom. The summed E-state index contributed by atoms with van der Waals surface area (Å²) in [7, 11) is 0. The van der Waals surface area contributed by atoms with Gasteiger partial charge in [-0.05, 0) is 42.5 Å². The van der Waals surface area contributed by atoms with E-state index in [4.69, 9.17) is 10.5 Å². The normalized spacial score (nSPS) is 14.1. The molecule has 2 rings (SSSR count). The summed E-state index contributed by atoms with van der Waals surface area (Å²) in [6.07, 6.45) is 0.534. The van der Waals surface area contributed by atoms with Crippen LogP contribution >= 0.6 is 27.3 Å². The number of aryl methyl sites for hydroxylation is 1. The third kappa shape index (κ3) is 3.59. The van der Waals surface area contributed by atoms with Gasteiger partial charge in [-0.25, -0.2) is 4.39 Å². The van der Waals surface area contributed by atoms with Gasteiger partial charge in [-0.3, -0.25) is 0 Å². The molecule has 1 aromatic carbocycles. The predicted molar refractivity (Wildman–Crippen MR) is 84.8 cm³/mol. The Hall–Kier alpha value is -0.910. The molecule has 2 atom stereocenters. The average Bonchev–Trinajstić information content (AvgIpc) is 2.80. The first kappa shape index (κ1) is 15.5. The monoisotopic (exact) mass is 357 g/mol. The molecule has 0 spiro atoms. The maximum Gasteiger partial charge on any atom is 0.148 e. The second kappa shape index (κ2) is 6.70. The van der Waals surface area contributed by atoms with Crippen molar-refractivity contribution >= 4 is 27.3 Å². The summed E-state index contributed by atoms with van der Waals surface area (Å²) in [4.78, 5) is 1.10. The Kier molecular flexibility index (Phi) is 5.18. The SMILES string of the molecule is CCC(N)C(Oc1cc(F)cc(Br)c1)c1sccc1C. The highest BCUT2D eigenvalue weighted by Gasteiger charge is 2.23. The molecule has 2 aromatic rings. The predicted octanol–water partition coefficient (Wildman–Crippen LogP) is 4.82. The van der Waals surface area contributed by atoms with Gasteiger partial charge in [0.05, 0.1) is 0 Å². The van der Waals surface area contributed by atoms with E-state index in [0.717, 1.165) is 16.9 Å². The topological polar surface area (TPSA) is 35.2 Å². The number of benzene rings is 1. The maximum absolute atomic E-state index is 13.4. The van der Waals surface area contributed by atoms with Crippen LogP contribution < -0.4 is 10.5 Å². The summed E-state index contributed by atoms with van der Waals surface area (Å²) < 4.78 is 20.1. The number of hydrogen-bond acceptors (Lipinski definition) is 3. The van der Waals surface area contributed by atoms with Crippen LogP contribution in [0.2, 0.25) is 0 Å². The van der Waals surface area contributed by atoms with Gasteiger partial charge in [-0.2, -0.15) is 0 Å². The molecule has 5 heteroatoms. The van der Waals surface area contributed by atoms with E-state index in [9.17, 15) is 4.39 Å². The van der Waals surface area contributed by atoms with Gasteiger partial charge in [0.25, 0.3) is 0 Å². The van der Waals surface area contributed by atoms with Crippen molar-refractivity contribution in [2.24, 2.45) is 5.73 Å². The van der Waals surface area contributed by atoms with Gasteiger partial charge in [0.2, 0.25) is 0 Å². The molecule has 1 heterocycles. The molecular formula is C15H17BrFNOS. The van der Waals surface area contributed by atoms with Crippen LogP contribution in [0, 0.1) is 12.7 Å². The van der Waals surface area contributed by atoms with Gasteiger partial charge < -0.3 is 10.5 Å². The Bertz CT molecular complexity index is 567. The van der Waals surface area contributed by atoms with E-state index in [1.54, 1.807) is 17.4 Å². The molecule has 108 valence electrons. The van der Waals surface area contributed by atoms with E-state index < -0.39 is 0 Å². The zero-order valence-electron chi connectivity index (χ0n) is 11.4. The molecule has 0 aliphatic heterocycles. The molecule has 0 saturated heterocycles. The fourth-order valence-electron chi connectivity index (χ4n) is 1.97. The van der Waals surface area contributed by atoms with E-state index in [-0.39, 0.29) is 18.0 Å². The average molecular weight is 358 g/mol. The van der Waals surface area contributed by atoms with Crippen LogP contribution in [0.3, 0.4) is 0 Å². The first-order valence-corrected chi connectivity index (χ1v) is 8.11. The first-order valence-electron chi connectivity index (χ1n) is 6.43. The molecule has 0 radical (unpaired) electrons. The molecule has 0 amide bonds. The Morgan fingerprint density at radius 3 is 2.70 bits per heavy atom. The molecule has 0 fully saturated rings. The minimum atomic E-state index is -0.332. The standard InChI is InChI=1S/C15H17BrFNOS/c1-3-13(18)14(15-9(2)4-5-20-15)19-12-7-10(16)6-11(17)8-12/h4-8,13-14H,3,18H2,1-2H3. The fourth-order valence-corrected chi connectivity index (χ4v) is 3.44.